The highest BCUT2D eigenvalue weighted by Gasteiger charge is 2.19. The molecular weight excluding hydrogens is 463 g/mol. The second-order valence-electron chi connectivity index (χ2n) is 10.1. The predicted molar refractivity (Wildman–Crippen MR) is 150 cm³/mol. The second-order valence-corrected chi connectivity index (χ2v) is 10.9. The summed E-state index contributed by atoms with van der Waals surface area (Å²) in [4.78, 5) is 0. The third-order valence-electron chi connectivity index (χ3n) is 6.29. The molecule has 0 bridgehead atoms. The standard InChI is InChI=1S/C29H44Cl2N2O/c1-8-12-26(22(9-2)13-11-17-29(5,6)7)34-20-19-33-21(4)23(16-18-32-10-3)27-24(30)14-15-25(31)28(27)33/h9,12,14-15,32H,8,10-11,13,16-20H2,1-7H3/b22-9-,26-12+. The number of benzene rings is 1. The van der Waals surface area contributed by atoms with E-state index >= 15 is 0 Å². The van der Waals surface area contributed by atoms with E-state index in [1.54, 1.807) is 0 Å². The van der Waals surface area contributed by atoms with Crippen LogP contribution in [0.4, 0.5) is 0 Å². The van der Waals surface area contributed by atoms with Crippen molar-refractivity contribution >= 4 is 34.1 Å². The quantitative estimate of drug-likeness (QED) is 0.166. The number of likely N-dealkylation sites (N-methyl/N-ethyl adjacent to an activating group) is 1. The van der Waals surface area contributed by atoms with Gasteiger partial charge < -0.3 is 14.6 Å². The smallest absolute Gasteiger partial charge is 0.118 e. The predicted octanol–water partition coefficient (Wildman–Crippen LogP) is 8.88. The van der Waals surface area contributed by atoms with Crippen molar-refractivity contribution in [2.45, 2.75) is 87.1 Å². The average Bonchev–Trinajstić information content (AvgIpc) is 3.06. The van der Waals surface area contributed by atoms with E-state index in [4.69, 9.17) is 27.9 Å². The first kappa shape index (κ1) is 28.8. The molecule has 0 saturated heterocycles. The van der Waals surface area contributed by atoms with Crippen LogP contribution in [0.1, 0.15) is 78.5 Å². The summed E-state index contributed by atoms with van der Waals surface area (Å²) in [5.74, 6) is 1.02. The summed E-state index contributed by atoms with van der Waals surface area (Å²) >= 11 is 13.3. The third kappa shape index (κ3) is 7.80. The average molecular weight is 508 g/mol. The second kappa shape index (κ2) is 13.6. The maximum atomic E-state index is 6.68. The van der Waals surface area contributed by atoms with Crippen molar-refractivity contribution in [1.82, 2.24) is 9.88 Å². The summed E-state index contributed by atoms with van der Waals surface area (Å²) in [5.41, 5.74) is 5.14. The van der Waals surface area contributed by atoms with E-state index in [9.17, 15) is 0 Å². The first-order valence-corrected chi connectivity index (χ1v) is 13.5. The molecule has 0 fully saturated rings. The fourth-order valence-corrected chi connectivity index (χ4v) is 5.04. The Bertz CT molecular complexity index is 996. The molecule has 3 nitrogen and oxygen atoms in total. The van der Waals surface area contributed by atoms with Gasteiger partial charge in [-0.25, -0.2) is 0 Å². The molecule has 1 aromatic carbocycles. The fourth-order valence-electron chi connectivity index (χ4n) is 4.51. The van der Waals surface area contributed by atoms with E-state index in [1.807, 2.05) is 12.1 Å². The normalized spacial score (nSPS) is 13.2. The highest BCUT2D eigenvalue weighted by molar-refractivity contribution is 6.40. The Hall–Kier alpha value is -1.42. The number of aromatic nitrogens is 1. The van der Waals surface area contributed by atoms with Gasteiger partial charge in [0, 0.05) is 11.1 Å². The van der Waals surface area contributed by atoms with Gasteiger partial charge in [0.2, 0.25) is 0 Å². The van der Waals surface area contributed by atoms with Crippen LogP contribution in [-0.2, 0) is 17.7 Å². The molecule has 2 rings (SSSR count). The van der Waals surface area contributed by atoms with Gasteiger partial charge in [0.05, 0.1) is 22.1 Å². The summed E-state index contributed by atoms with van der Waals surface area (Å²) in [5, 5.41) is 5.99. The topological polar surface area (TPSA) is 26.2 Å². The van der Waals surface area contributed by atoms with Crippen molar-refractivity contribution in [3.05, 3.63) is 56.9 Å². The Morgan fingerprint density at radius 3 is 2.47 bits per heavy atom. The number of hydrogen-bond donors (Lipinski definition) is 1. The zero-order chi connectivity index (χ0) is 25.3. The lowest BCUT2D eigenvalue weighted by molar-refractivity contribution is 0.205. The minimum absolute atomic E-state index is 0.353. The van der Waals surface area contributed by atoms with Crippen molar-refractivity contribution in [3.63, 3.8) is 0 Å². The van der Waals surface area contributed by atoms with Gasteiger partial charge >= 0.3 is 0 Å². The van der Waals surface area contributed by atoms with Crippen LogP contribution in [0.2, 0.25) is 10.0 Å². The SMILES string of the molecule is C/C=C(CCCC(C)(C)C)\C(=C/CC)OCCn1c(C)c(CCNCC)c2c(Cl)ccc(Cl)c21. The number of allylic oxidation sites excluding steroid dienone is 3. The van der Waals surface area contributed by atoms with Gasteiger partial charge in [-0.3, -0.25) is 0 Å². The van der Waals surface area contributed by atoms with Gasteiger partial charge in [-0.15, -0.1) is 0 Å². The zero-order valence-electron chi connectivity index (χ0n) is 22.3. The molecule has 0 unspecified atom stereocenters. The zero-order valence-corrected chi connectivity index (χ0v) is 23.8. The number of fused-ring (bicyclic) bond motifs is 1. The minimum atomic E-state index is 0.353. The largest absolute Gasteiger partial charge is 0.492 e. The van der Waals surface area contributed by atoms with E-state index in [0.29, 0.717) is 12.0 Å². The van der Waals surface area contributed by atoms with E-state index in [2.05, 4.69) is 70.5 Å². The molecule has 34 heavy (non-hydrogen) atoms. The molecule has 1 N–H and O–H groups in total. The number of hydrogen-bond acceptors (Lipinski definition) is 2. The lowest BCUT2D eigenvalue weighted by Gasteiger charge is -2.20. The molecule has 0 aliphatic carbocycles. The first-order valence-electron chi connectivity index (χ1n) is 12.8. The van der Waals surface area contributed by atoms with Crippen LogP contribution in [0.15, 0.2) is 35.6 Å². The lowest BCUT2D eigenvalue weighted by Crippen LogP contribution is -2.16. The Morgan fingerprint density at radius 1 is 1.15 bits per heavy atom. The van der Waals surface area contributed by atoms with E-state index in [0.717, 1.165) is 72.0 Å². The number of halogens is 2. The van der Waals surface area contributed by atoms with Gasteiger partial charge in [-0.2, -0.15) is 0 Å². The lowest BCUT2D eigenvalue weighted by atomic mass is 9.88. The van der Waals surface area contributed by atoms with Crippen LogP contribution >= 0.6 is 23.2 Å². The Labute approximate surface area is 217 Å². The van der Waals surface area contributed by atoms with Crippen LogP contribution in [0.25, 0.3) is 10.9 Å². The maximum Gasteiger partial charge on any atom is 0.118 e. The molecule has 0 aliphatic heterocycles. The van der Waals surface area contributed by atoms with Gasteiger partial charge in [0.1, 0.15) is 12.4 Å². The number of ether oxygens (including phenoxy) is 1. The van der Waals surface area contributed by atoms with E-state index in [1.165, 1.54) is 23.3 Å². The Balaban J connectivity index is 2.22. The maximum absolute atomic E-state index is 6.68. The van der Waals surface area contributed by atoms with Crippen LogP contribution in [-0.4, -0.2) is 24.3 Å². The Kier molecular flexibility index (Phi) is 11.5. The summed E-state index contributed by atoms with van der Waals surface area (Å²) < 4.78 is 8.67. The van der Waals surface area contributed by atoms with Gasteiger partial charge in [-0.1, -0.05) is 63.9 Å². The molecule has 1 aromatic heterocycles. The van der Waals surface area contributed by atoms with Crippen molar-refractivity contribution < 1.29 is 4.74 Å². The molecule has 0 aliphatic rings. The van der Waals surface area contributed by atoms with Gasteiger partial charge in [0.15, 0.2) is 0 Å². The molecular formula is C29H44Cl2N2O. The number of nitrogens with zero attached hydrogens (tertiary/aromatic N) is 1. The first-order chi connectivity index (χ1) is 16.1. The highest BCUT2D eigenvalue weighted by atomic mass is 35.5. The van der Waals surface area contributed by atoms with Crippen LogP contribution in [0.5, 0.6) is 0 Å². The summed E-state index contributed by atoms with van der Waals surface area (Å²) in [7, 11) is 0. The molecule has 1 heterocycles. The number of rotatable bonds is 13. The van der Waals surface area contributed by atoms with E-state index in [-0.39, 0.29) is 0 Å². The molecule has 0 atom stereocenters. The minimum Gasteiger partial charge on any atom is -0.492 e. The summed E-state index contributed by atoms with van der Waals surface area (Å²) in [6, 6.07) is 3.80. The molecule has 0 amide bonds. The van der Waals surface area contributed by atoms with Crippen molar-refractivity contribution in [2.75, 3.05) is 19.7 Å². The molecule has 190 valence electrons. The van der Waals surface area contributed by atoms with Gasteiger partial charge in [-0.05, 0) is 93.8 Å². The molecule has 0 saturated carbocycles. The fraction of sp³-hybridized carbons (Fsp3) is 0.586. The molecule has 0 spiro atoms. The van der Waals surface area contributed by atoms with Crippen LogP contribution < -0.4 is 5.32 Å². The third-order valence-corrected chi connectivity index (χ3v) is 6.91. The van der Waals surface area contributed by atoms with Crippen molar-refractivity contribution in [1.29, 1.82) is 0 Å². The van der Waals surface area contributed by atoms with Crippen molar-refractivity contribution in [3.8, 4) is 0 Å². The molecule has 0 radical (unpaired) electrons. The number of nitrogens with one attached hydrogen (secondary N) is 1. The summed E-state index contributed by atoms with van der Waals surface area (Å²) in [6.45, 7) is 18.6. The summed E-state index contributed by atoms with van der Waals surface area (Å²) in [6.07, 6.45) is 9.69. The molecule has 2 aromatic rings. The van der Waals surface area contributed by atoms with Crippen LogP contribution in [0.3, 0.4) is 0 Å². The monoisotopic (exact) mass is 506 g/mol. The highest BCUT2D eigenvalue weighted by Crippen LogP contribution is 2.36. The van der Waals surface area contributed by atoms with Crippen molar-refractivity contribution in [2.24, 2.45) is 5.41 Å². The van der Waals surface area contributed by atoms with E-state index < -0.39 is 0 Å². The van der Waals surface area contributed by atoms with Gasteiger partial charge in [0.25, 0.3) is 0 Å². The molecule has 5 heteroatoms. The van der Waals surface area contributed by atoms with Crippen LogP contribution in [0, 0.1) is 12.3 Å². The Morgan fingerprint density at radius 2 is 1.85 bits per heavy atom.